The van der Waals surface area contributed by atoms with Crippen LogP contribution in [-0.2, 0) is 0 Å². The first-order chi connectivity index (χ1) is 11.1. The molecule has 2 heterocycles. The predicted molar refractivity (Wildman–Crippen MR) is 85.4 cm³/mol. The van der Waals surface area contributed by atoms with Crippen molar-refractivity contribution < 1.29 is 8.78 Å². The van der Waals surface area contributed by atoms with Crippen molar-refractivity contribution in [2.45, 2.75) is 13.0 Å². The summed E-state index contributed by atoms with van der Waals surface area (Å²) < 4.78 is 28.2. The van der Waals surface area contributed by atoms with Gasteiger partial charge < -0.3 is 4.90 Å². The SMILES string of the molecule is CC(c1nccs1)N1CCN(c2c(F)cc(C#N)cc2F)CC1. The predicted octanol–water partition coefficient (Wildman–Crippen LogP) is 3.18. The smallest absolute Gasteiger partial charge is 0.150 e. The number of piperazine rings is 1. The monoisotopic (exact) mass is 334 g/mol. The van der Waals surface area contributed by atoms with E-state index >= 15 is 0 Å². The first kappa shape index (κ1) is 15.8. The van der Waals surface area contributed by atoms with Gasteiger partial charge in [-0.1, -0.05) is 0 Å². The third kappa shape index (κ3) is 3.19. The summed E-state index contributed by atoms with van der Waals surface area (Å²) in [6.07, 6.45) is 1.79. The lowest BCUT2D eigenvalue weighted by molar-refractivity contribution is 0.197. The minimum absolute atomic E-state index is 0.000206. The number of anilines is 1. The molecule has 1 aliphatic heterocycles. The molecule has 0 aliphatic carbocycles. The molecule has 1 saturated heterocycles. The van der Waals surface area contributed by atoms with Crippen LogP contribution in [0.3, 0.4) is 0 Å². The molecule has 0 bridgehead atoms. The Morgan fingerprint density at radius 1 is 1.22 bits per heavy atom. The van der Waals surface area contributed by atoms with Gasteiger partial charge in [0.15, 0.2) is 11.6 Å². The topological polar surface area (TPSA) is 43.2 Å². The molecule has 0 amide bonds. The first-order valence-corrected chi connectivity index (χ1v) is 8.25. The van der Waals surface area contributed by atoms with Crippen LogP contribution in [-0.4, -0.2) is 36.1 Å². The number of halogens is 2. The van der Waals surface area contributed by atoms with Crippen LogP contribution in [0.4, 0.5) is 14.5 Å². The van der Waals surface area contributed by atoms with Gasteiger partial charge in [0.2, 0.25) is 0 Å². The molecule has 120 valence electrons. The van der Waals surface area contributed by atoms with E-state index in [-0.39, 0.29) is 17.3 Å². The summed E-state index contributed by atoms with van der Waals surface area (Å²) in [5.74, 6) is -1.36. The molecule has 1 unspecified atom stereocenters. The van der Waals surface area contributed by atoms with Crippen molar-refractivity contribution in [2.24, 2.45) is 0 Å². The largest absolute Gasteiger partial charge is 0.364 e. The highest BCUT2D eigenvalue weighted by atomic mass is 32.1. The number of nitrogens with zero attached hydrogens (tertiary/aromatic N) is 4. The van der Waals surface area contributed by atoms with E-state index in [9.17, 15) is 8.78 Å². The second-order valence-electron chi connectivity index (χ2n) is 5.47. The van der Waals surface area contributed by atoms with Gasteiger partial charge in [-0.15, -0.1) is 11.3 Å². The van der Waals surface area contributed by atoms with Gasteiger partial charge in [0, 0.05) is 37.8 Å². The van der Waals surface area contributed by atoms with Crippen LogP contribution < -0.4 is 4.90 Å². The van der Waals surface area contributed by atoms with E-state index < -0.39 is 11.6 Å². The second-order valence-corrected chi connectivity index (χ2v) is 6.40. The average Bonchev–Trinajstić information content (AvgIpc) is 3.08. The first-order valence-electron chi connectivity index (χ1n) is 7.37. The Morgan fingerprint density at radius 3 is 2.39 bits per heavy atom. The second kappa shape index (κ2) is 6.60. The zero-order valence-electron chi connectivity index (χ0n) is 12.7. The van der Waals surface area contributed by atoms with E-state index in [1.807, 2.05) is 5.38 Å². The van der Waals surface area contributed by atoms with Crippen molar-refractivity contribution in [1.82, 2.24) is 9.88 Å². The quantitative estimate of drug-likeness (QED) is 0.865. The van der Waals surface area contributed by atoms with Gasteiger partial charge in [0.1, 0.15) is 10.7 Å². The summed E-state index contributed by atoms with van der Waals surface area (Å²) in [6, 6.07) is 4.14. The lowest BCUT2D eigenvalue weighted by Crippen LogP contribution is -2.47. The number of hydrogen-bond acceptors (Lipinski definition) is 5. The lowest BCUT2D eigenvalue weighted by Gasteiger charge is -2.38. The maximum Gasteiger partial charge on any atom is 0.150 e. The highest BCUT2D eigenvalue weighted by Gasteiger charge is 2.26. The van der Waals surface area contributed by atoms with E-state index in [0.717, 1.165) is 17.1 Å². The Kier molecular flexibility index (Phi) is 4.55. The molecular formula is C16H16F2N4S. The summed E-state index contributed by atoms with van der Waals surface area (Å²) in [7, 11) is 0. The van der Waals surface area contributed by atoms with Crippen LogP contribution in [0.25, 0.3) is 0 Å². The molecule has 0 saturated carbocycles. The normalized spacial score (nSPS) is 17.0. The number of hydrogen-bond donors (Lipinski definition) is 0. The summed E-state index contributed by atoms with van der Waals surface area (Å²) in [5, 5.41) is 11.8. The van der Waals surface area contributed by atoms with E-state index in [2.05, 4.69) is 16.8 Å². The third-order valence-electron chi connectivity index (χ3n) is 4.13. The van der Waals surface area contributed by atoms with Crippen molar-refractivity contribution in [3.05, 3.63) is 45.9 Å². The molecule has 2 aromatic rings. The summed E-state index contributed by atoms with van der Waals surface area (Å²) in [4.78, 5) is 8.29. The summed E-state index contributed by atoms with van der Waals surface area (Å²) >= 11 is 1.61. The maximum absolute atomic E-state index is 14.1. The van der Waals surface area contributed by atoms with Gasteiger partial charge >= 0.3 is 0 Å². The highest BCUT2D eigenvalue weighted by Crippen LogP contribution is 2.28. The standard InChI is InChI=1S/C16H16F2N4S/c1-11(16-20-2-7-23-16)21-3-5-22(6-4-21)15-13(17)8-12(10-19)9-14(15)18/h2,7-9,11H,3-6H2,1H3. The van der Waals surface area contributed by atoms with Crippen molar-refractivity contribution >= 4 is 17.0 Å². The van der Waals surface area contributed by atoms with Gasteiger partial charge in [-0.05, 0) is 19.1 Å². The van der Waals surface area contributed by atoms with Crippen LogP contribution in [0.1, 0.15) is 23.5 Å². The van der Waals surface area contributed by atoms with Crippen LogP contribution >= 0.6 is 11.3 Å². The van der Waals surface area contributed by atoms with Crippen LogP contribution in [0.2, 0.25) is 0 Å². The minimum atomic E-state index is -0.678. The Hall–Kier alpha value is -2.04. The maximum atomic E-state index is 14.1. The average molecular weight is 334 g/mol. The van der Waals surface area contributed by atoms with Crippen molar-refractivity contribution in [3.8, 4) is 6.07 Å². The number of nitriles is 1. The van der Waals surface area contributed by atoms with Gasteiger partial charge in [-0.2, -0.15) is 5.26 Å². The minimum Gasteiger partial charge on any atom is -0.364 e. The third-order valence-corrected chi connectivity index (χ3v) is 5.08. The molecule has 23 heavy (non-hydrogen) atoms. The van der Waals surface area contributed by atoms with Crippen molar-refractivity contribution in [1.29, 1.82) is 5.26 Å². The fraction of sp³-hybridized carbons (Fsp3) is 0.375. The molecule has 7 heteroatoms. The zero-order chi connectivity index (χ0) is 16.4. The molecule has 0 radical (unpaired) electrons. The Bertz CT molecular complexity index is 695. The van der Waals surface area contributed by atoms with Gasteiger partial charge in [-0.3, -0.25) is 4.90 Å². The fourth-order valence-corrected chi connectivity index (χ4v) is 3.59. The number of thiazole rings is 1. The van der Waals surface area contributed by atoms with Crippen molar-refractivity contribution in [2.75, 3.05) is 31.1 Å². The Balaban J connectivity index is 1.71. The number of aromatic nitrogens is 1. The molecule has 1 atom stereocenters. The van der Waals surface area contributed by atoms with Gasteiger partial charge in [0.25, 0.3) is 0 Å². The van der Waals surface area contributed by atoms with E-state index in [1.54, 1.807) is 28.5 Å². The van der Waals surface area contributed by atoms with E-state index in [4.69, 9.17) is 5.26 Å². The zero-order valence-corrected chi connectivity index (χ0v) is 13.5. The molecule has 3 rings (SSSR count). The highest BCUT2D eigenvalue weighted by molar-refractivity contribution is 7.09. The molecule has 0 spiro atoms. The molecular weight excluding hydrogens is 318 g/mol. The molecule has 0 N–H and O–H groups in total. The molecule has 1 aromatic carbocycles. The summed E-state index contributed by atoms with van der Waals surface area (Å²) in [5.41, 5.74) is -0.0367. The lowest BCUT2D eigenvalue weighted by atomic mass is 10.1. The van der Waals surface area contributed by atoms with Crippen LogP contribution in [0.5, 0.6) is 0 Å². The van der Waals surface area contributed by atoms with Gasteiger partial charge in [-0.25, -0.2) is 13.8 Å². The van der Waals surface area contributed by atoms with Crippen LogP contribution in [0, 0.1) is 23.0 Å². The molecule has 1 aromatic heterocycles. The molecule has 1 fully saturated rings. The number of benzene rings is 1. The fourth-order valence-electron chi connectivity index (χ4n) is 2.86. The summed E-state index contributed by atoms with van der Waals surface area (Å²) in [6.45, 7) is 4.58. The Labute approximate surface area is 137 Å². The van der Waals surface area contributed by atoms with Gasteiger partial charge in [0.05, 0.1) is 17.7 Å². The Morgan fingerprint density at radius 2 is 1.87 bits per heavy atom. The number of rotatable bonds is 3. The van der Waals surface area contributed by atoms with Crippen molar-refractivity contribution in [3.63, 3.8) is 0 Å². The van der Waals surface area contributed by atoms with E-state index in [0.29, 0.717) is 26.2 Å². The molecule has 4 nitrogen and oxygen atoms in total. The molecule has 1 aliphatic rings. The van der Waals surface area contributed by atoms with Crippen LogP contribution in [0.15, 0.2) is 23.7 Å². The van der Waals surface area contributed by atoms with E-state index in [1.165, 1.54) is 0 Å².